The molecule has 8 heteroatoms. The molecule has 0 spiro atoms. The Bertz CT molecular complexity index is 1150. The number of aromatic nitrogens is 3. The first-order chi connectivity index (χ1) is 14.1. The zero-order valence-electron chi connectivity index (χ0n) is 15.9. The van der Waals surface area contributed by atoms with Gasteiger partial charge in [-0.1, -0.05) is 18.2 Å². The number of nitrogens with one attached hydrogen (secondary N) is 2. The van der Waals surface area contributed by atoms with Gasteiger partial charge in [0, 0.05) is 36.0 Å². The fourth-order valence-corrected chi connectivity index (χ4v) is 3.37. The summed E-state index contributed by atoms with van der Waals surface area (Å²) in [6.45, 7) is 0. The number of benzene rings is 1. The number of rotatable bonds is 5. The van der Waals surface area contributed by atoms with Gasteiger partial charge in [-0.25, -0.2) is 4.98 Å². The van der Waals surface area contributed by atoms with Crippen molar-refractivity contribution in [2.24, 2.45) is 0 Å². The highest BCUT2D eigenvalue weighted by Gasteiger charge is 2.26. The summed E-state index contributed by atoms with van der Waals surface area (Å²) in [5.41, 5.74) is 2.77. The van der Waals surface area contributed by atoms with Crippen LogP contribution in [0, 0.1) is 0 Å². The third-order valence-corrected chi connectivity index (χ3v) is 5.13. The van der Waals surface area contributed by atoms with Gasteiger partial charge in [0.15, 0.2) is 5.65 Å². The molecule has 8 nitrogen and oxygen atoms in total. The van der Waals surface area contributed by atoms with Crippen LogP contribution in [0.4, 0.5) is 17.3 Å². The molecule has 1 aliphatic carbocycles. The number of fused-ring (bicyclic) bond motifs is 1. The summed E-state index contributed by atoms with van der Waals surface area (Å²) in [4.78, 5) is 30.3. The molecule has 1 aliphatic heterocycles. The molecule has 0 bridgehead atoms. The molecule has 2 N–H and O–H groups in total. The van der Waals surface area contributed by atoms with E-state index in [1.165, 1.54) is 0 Å². The van der Waals surface area contributed by atoms with E-state index in [1.807, 2.05) is 48.3 Å². The van der Waals surface area contributed by atoms with Crippen molar-refractivity contribution in [1.82, 2.24) is 19.9 Å². The average molecular weight is 388 g/mol. The standard InChI is InChI=1S/C21H20N6O2/c1-26(16-5-3-2-4-6-16)17-11-18(23-15-7-8-15)27-20(24-17)14(12-22-27)9-13-10-19(28)25-21(13)29/h2-6,9,11-12,15,23H,7-8,10H2,1H3,(H,25,28,29)/b13-9+. The SMILES string of the molecule is CN(c1ccccc1)c1cc(NC2CC2)n2ncc(/C=C3\CC(=O)NC3=O)c2n1. The zero-order chi connectivity index (χ0) is 20.0. The number of nitrogens with zero attached hydrogens (tertiary/aromatic N) is 4. The fraction of sp³-hybridized carbons (Fsp3) is 0.238. The Hall–Kier alpha value is -3.68. The Labute approximate surface area is 167 Å². The molecule has 2 amide bonds. The van der Waals surface area contributed by atoms with E-state index in [0.29, 0.717) is 22.8 Å². The first kappa shape index (κ1) is 17.4. The Kier molecular flexibility index (Phi) is 4.04. The van der Waals surface area contributed by atoms with Crippen LogP contribution in [-0.4, -0.2) is 39.5 Å². The van der Waals surface area contributed by atoms with Gasteiger partial charge in [-0.15, -0.1) is 0 Å². The van der Waals surface area contributed by atoms with Crippen molar-refractivity contribution in [2.75, 3.05) is 17.3 Å². The van der Waals surface area contributed by atoms with Gasteiger partial charge in [0.25, 0.3) is 5.91 Å². The number of hydrogen-bond donors (Lipinski definition) is 2. The maximum atomic E-state index is 12.0. The van der Waals surface area contributed by atoms with Crippen molar-refractivity contribution in [1.29, 1.82) is 0 Å². The second-order valence-corrected chi connectivity index (χ2v) is 7.37. The average Bonchev–Trinajstić information content (AvgIpc) is 3.36. The van der Waals surface area contributed by atoms with Gasteiger partial charge in [0.2, 0.25) is 5.91 Å². The van der Waals surface area contributed by atoms with Crippen LogP contribution in [0.3, 0.4) is 0 Å². The van der Waals surface area contributed by atoms with Crippen molar-refractivity contribution in [3.63, 3.8) is 0 Å². The lowest BCUT2D eigenvalue weighted by molar-refractivity contribution is -0.124. The van der Waals surface area contributed by atoms with Gasteiger partial charge in [0.1, 0.15) is 11.6 Å². The lowest BCUT2D eigenvalue weighted by atomic mass is 10.1. The highest BCUT2D eigenvalue weighted by atomic mass is 16.2. The summed E-state index contributed by atoms with van der Waals surface area (Å²) in [6.07, 6.45) is 5.72. The van der Waals surface area contributed by atoms with Gasteiger partial charge in [-0.05, 0) is 31.1 Å². The van der Waals surface area contributed by atoms with Gasteiger partial charge in [-0.2, -0.15) is 9.61 Å². The van der Waals surface area contributed by atoms with E-state index >= 15 is 0 Å². The number of para-hydroxylation sites is 1. The maximum absolute atomic E-state index is 12.0. The number of anilines is 3. The normalized spacial score (nSPS) is 17.8. The van der Waals surface area contributed by atoms with Gasteiger partial charge >= 0.3 is 0 Å². The molecule has 2 fully saturated rings. The molecule has 0 unspecified atom stereocenters. The first-order valence-electron chi connectivity index (χ1n) is 9.57. The molecular weight excluding hydrogens is 368 g/mol. The minimum atomic E-state index is -0.358. The predicted molar refractivity (Wildman–Crippen MR) is 110 cm³/mol. The van der Waals surface area contributed by atoms with Crippen molar-refractivity contribution in [3.05, 3.63) is 53.7 Å². The van der Waals surface area contributed by atoms with Crippen molar-refractivity contribution in [3.8, 4) is 0 Å². The number of imide groups is 1. The van der Waals surface area contributed by atoms with E-state index in [1.54, 1.807) is 16.8 Å². The quantitative estimate of drug-likeness (QED) is 0.515. The van der Waals surface area contributed by atoms with E-state index in [4.69, 9.17) is 4.98 Å². The molecule has 0 atom stereocenters. The van der Waals surface area contributed by atoms with Crippen molar-refractivity contribution >= 4 is 40.9 Å². The number of carbonyl (C=O) groups excluding carboxylic acids is 2. The summed E-state index contributed by atoms with van der Waals surface area (Å²) >= 11 is 0. The Morgan fingerprint density at radius 2 is 2.03 bits per heavy atom. The van der Waals surface area contributed by atoms with Crippen LogP contribution >= 0.6 is 0 Å². The molecule has 0 radical (unpaired) electrons. The molecule has 1 saturated heterocycles. The van der Waals surface area contributed by atoms with Gasteiger partial charge in [0.05, 0.1) is 12.6 Å². The van der Waals surface area contributed by atoms with Crippen LogP contribution in [0.1, 0.15) is 24.8 Å². The summed E-state index contributed by atoms with van der Waals surface area (Å²) in [5, 5.41) is 10.3. The predicted octanol–water partition coefficient (Wildman–Crippen LogP) is 2.50. The highest BCUT2D eigenvalue weighted by Crippen LogP contribution is 2.30. The van der Waals surface area contributed by atoms with Crippen molar-refractivity contribution < 1.29 is 9.59 Å². The summed E-state index contributed by atoms with van der Waals surface area (Å²) in [5.74, 6) is 0.973. The lowest BCUT2D eigenvalue weighted by Gasteiger charge is -2.20. The monoisotopic (exact) mass is 388 g/mol. The molecule has 2 aromatic heterocycles. The third-order valence-electron chi connectivity index (χ3n) is 5.13. The Morgan fingerprint density at radius 3 is 2.72 bits per heavy atom. The first-order valence-corrected chi connectivity index (χ1v) is 9.57. The van der Waals surface area contributed by atoms with Crippen molar-refractivity contribution in [2.45, 2.75) is 25.3 Å². The van der Waals surface area contributed by atoms with Crippen LogP contribution in [0.25, 0.3) is 11.7 Å². The molecule has 1 aromatic carbocycles. The van der Waals surface area contributed by atoms with E-state index in [2.05, 4.69) is 15.7 Å². The Balaban J connectivity index is 1.62. The van der Waals surface area contributed by atoms with E-state index < -0.39 is 0 Å². The molecule has 146 valence electrons. The van der Waals surface area contributed by atoms with Crippen LogP contribution in [0.2, 0.25) is 0 Å². The van der Waals surface area contributed by atoms with Gasteiger partial charge in [-0.3, -0.25) is 14.9 Å². The molecule has 3 heterocycles. The molecule has 5 rings (SSSR count). The second kappa shape index (κ2) is 6.73. The Morgan fingerprint density at radius 1 is 1.24 bits per heavy atom. The highest BCUT2D eigenvalue weighted by molar-refractivity contribution is 6.15. The number of amides is 2. The van der Waals surface area contributed by atoms with E-state index in [0.717, 1.165) is 30.2 Å². The second-order valence-electron chi connectivity index (χ2n) is 7.37. The lowest BCUT2D eigenvalue weighted by Crippen LogP contribution is -2.19. The summed E-state index contributed by atoms with van der Waals surface area (Å²) < 4.78 is 1.75. The largest absolute Gasteiger partial charge is 0.367 e. The molecule has 2 aliphatic rings. The molecule has 1 saturated carbocycles. The minimum Gasteiger partial charge on any atom is -0.367 e. The minimum absolute atomic E-state index is 0.0764. The number of carbonyl (C=O) groups is 2. The van der Waals surface area contributed by atoms with E-state index in [-0.39, 0.29) is 18.2 Å². The van der Waals surface area contributed by atoms with Crippen LogP contribution in [0.15, 0.2) is 48.2 Å². The smallest absolute Gasteiger partial charge is 0.254 e. The molecule has 3 aromatic rings. The summed E-state index contributed by atoms with van der Waals surface area (Å²) in [7, 11) is 1.96. The van der Waals surface area contributed by atoms with Gasteiger partial charge < -0.3 is 10.2 Å². The van der Waals surface area contributed by atoms with E-state index in [9.17, 15) is 9.59 Å². The third kappa shape index (κ3) is 3.33. The summed E-state index contributed by atoms with van der Waals surface area (Å²) in [6, 6.07) is 12.4. The fourth-order valence-electron chi connectivity index (χ4n) is 3.37. The molecular formula is C21H20N6O2. The molecule has 29 heavy (non-hydrogen) atoms. The topological polar surface area (TPSA) is 91.6 Å². The number of hydrogen-bond acceptors (Lipinski definition) is 6. The van der Waals surface area contributed by atoms with Crippen LogP contribution < -0.4 is 15.5 Å². The zero-order valence-corrected chi connectivity index (χ0v) is 15.9. The maximum Gasteiger partial charge on any atom is 0.254 e. The van der Waals surface area contributed by atoms with Crippen LogP contribution in [0.5, 0.6) is 0 Å². The van der Waals surface area contributed by atoms with Crippen LogP contribution in [-0.2, 0) is 9.59 Å².